The van der Waals surface area contributed by atoms with Crippen LogP contribution < -0.4 is 0 Å². The zero-order valence-corrected chi connectivity index (χ0v) is 12.2. The summed E-state index contributed by atoms with van der Waals surface area (Å²) in [4.78, 5) is 17.5. The van der Waals surface area contributed by atoms with Crippen LogP contribution in [0, 0.1) is 0 Å². The molecule has 0 spiro atoms. The van der Waals surface area contributed by atoms with Gasteiger partial charge in [0.05, 0.1) is 18.3 Å². The Hall–Kier alpha value is -1.26. The maximum Gasteiger partial charge on any atom is 0.325 e. The quantitative estimate of drug-likeness (QED) is 0.634. The second-order valence-electron chi connectivity index (χ2n) is 4.16. The molecule has 102 valence electrons. The molecule has 6 heteroatoms. The number of aliphatic imine (C=N–C) groups is 1. The molecule has 1 unspecified atom stereocenters. The fourth-order valence-electron chi connectivity index (χ4n) is 2.06. The van der Waals surface area contributed by atoms with Crippen LogP contribution in [-0.4, -0.2) is 29.3 Å². The minimum atomic E-state index is -0.335. The Morgan fingerprint density at radius 1 is 1.47 bits per heavy atom. The van der Waals surface area contributed by atoms with Crippen molar-refractivity contribution >= 4 is 40.2 Å². The lowest BCUT2D eigenvalue weighted by Gasteiger charge is -2.33. The maximum absolute atomic E-state index is 11.6. The lowest BCUT2D eigenvalue weighted by molar-refractivity contribution is -0.143. The first-order chi connectivity index (χ1) is 9.04. The Kier molecular flexibility index (Phi) is 4.32. The molecule has 0 amide bonds. The van der Waals surface area contributed by atoms with E-state index in [0.717, 1.165) is 11.3 Å². The average Bonchev–Trinajstić information content (AvgIpc) is 2.34. The number of rotatable bonds is 3. The zero-order chi connectivity index (χ0) is 14.0. The summed E-state index contributed by atoms with van der Waals surface area (Å²) < 4.78 is 4.93. The molecule has 0 N–H and O–H groups in total. The lowest BCUT2D eigenvalue weighted by atomic mass is 10.0. The van der Waals surface area contributed by atoms with E-state index in [1.54, 1.807) is 17.9 Å². The Labute approximate surface area is 122 Å². The predicted molar refractivity (Wildman–Crippen MR) is 76.2 cm³/mol. The summed E-state index contributed by atoms with van der Waals surface area (Å²) in [6, 6.07) is 5.34. The van der Waals surface area contributed by atoms with E-state index in [0.29, 0.717) is 11.6 Å². The first-order valence-electron chi connectivity index (χ1n) is 5.99. The normalized spacial score (nSPS) is 17.8. The zero-order valence-electron chi connectivity index (χ0n) is 10.7. The number of halogens is 2. The van der Waals surface area contributed by atoms with Gasteiger partial charge in [0.15, 0.2) is 5.29 Å². The smallest absolute Gasteiger partial charge is 0.325 e. The lowest BCUT2D eigenvalue weighted by Crippen LogP contribution is -2.37. The summed E-state index contributed by atoms with van der Waals surface area (Å²) in [5.41, 5.74) is 1.61. The van der Waals surface area contributed by atoms with Gasteiger partial charge in [-0.2, -0.15) is 0 Å². The maximum atomic E-state index is 11.6. The van der Waals surface area contributed by atoms with Gasteiger partial charge in [-0.05, 0) is 37.6 Å². The second kappa shape index (κ2) is 5.80. The van der Waals surface area contributed by atoms with Crippen LogP contribution in [0.15, 0.2) is 23.2 Å². The molecule has 1 aromatic carbocycles. The van der Waals surface area contributed by atoms with Crippen molar-refractivity contribution < 1.29 is 9.53 Å². The van der Waals surface area contributed by atoms with Crippen molar-refractivity contribution in [3.63, 3.8) is 0 Å². The van der Waals surface area contributed by atoms with Crippen molar-refractivity contribution in [2.45, 2.75) is 19.9 Å². The Morgan fingerprint density at radius 2 is 2.21 bits per heavy atom. The molecule has 0 bridgehead atoms. The third-order valence-electron chi connectivity index (χ3n) is 2.97. The van der Waals surface area contributed by atoms with Gasteiger partial charge in [0.25, 0.3) is 0 Å². The largest absolute Gasteiger partial charge is 0.465 e. The summed E-state index contributed by atoms with van der Waals surface area (Å²) in [6.07, 6.45) is 0. The number of ether oxygens (including phenoxy) is 1. The van der Waals surface area contributed by atoms with Crippen molar-refractivity contribution in [3.05, 3.63) is 28.8 Å². The highest BCUT2D eigenvalue weighted by molar-refractivity contribution is 6.65. The molecule has 1 aliphatic heterocycles. The van der Waals surface area contributed by atoms with Crippen molar-refractivity contribution in [1.82, 2.24) is 4.90 Å². The summed E-state index contributed by atoms with van der Waals surface area (Å²) in [6.45, 7) is 4.09. The van der Waals surface area contributed by atoms with E-state index < -0.39 is 0 Å². The first kappa shape index (κ1) is 14.2. The molecule has 1 aromatic rings. The van der Waals surface area contributed by atoms with E-state index in [4.69, 9.17) is 27.9 Å². The number of hydrogen-bond acceptors (Lipinski definition) is 4. The van der Waals surface area contributed by atoms with E-state index in [1.807, 2.05) is 19.1 Å². The molecule has 4 nitrogen and oxygen atoms in total. The Bertz CT molecular complexity index is 531. The van der Waals surface area contributed by atoms with Gasteiger partial charge in [0, 0.05) is 10.6 Å². The van der Waals surface area contributed by atoms with Crippen LogP contribution in [-0.2, 0) is 9.53 Å². The van der Waals surface area contributed by atoms with Gasteiger partial charge in [-0.25, -0.2) is 4.99 Å². The van der Waals surface area contributed by atoms with Crippen molar-refractivity contribution in [1.29, 1.82) is 0 Å². The highest BCUT2D eigenvalue weighted by atomic mass is 35.5. The van der Waals surface area contributed by atoms with E-state index in [1.165, 1.54) is 0 Å². The molecule has 1 atom stereocenters. The van der Waals surface area contributed by atoms with Crippen LogP contribution in [0.4, 0.5) is 5.69 Å². The number of amidine groups is 1. The highest BCUT2D eigenvalue weighted by Gasteiger charge is 2.29. The minimum Gasteiger partial charge on any atom is -0.465 e. The average molecular weight is 301 g/mol. The number of benzene rings is 1. The fraction of sp³-hybridized carbons (Fsp3) is 0.385. The second-order valence-corrected chi connectivity index (χ2v) is 4.91. The predicted octanol–water partition coefficient (Wildman–Crippen LogP) is 3.51. The van der Waals surface area contributed by atoms with E-state index in [2.05, 4.69) is 4.99 Å². The summed E-state index contributed by atoms with van der Waals surface area (Å²) in [5.74, 6) is -0.335. The monoisotopic (exact) mass is 300 g/mol. The highest BCUT2D eigenvalue weighted by Crippen LogP contribution is 2.39. The summed E-state index contributed by atoms with van der Waals surface area (Å²) in [7, 11) is 0. The van der Waals surface area contributed by atoms with Crippen LogP contribution in [0.25, 0.3) is 0 Å². The number of hydrogen-bond donors (Lipinski definition) is 0. The van der Waals surface area contributed by atoms with Crippen LogP contribution in [0.3, 0.4) is 0 Å². The van der Waals surface area contributed by atoms with E-state index in [9.17, 15) is 4.79 Å². The van der Waals surface area contributed by atoms with Gasteiger partial charge in [-0.15, -0.1) is 0 Å². The fourth-order valence-corrected chi connectivity index (χ4v) is 2.69. The SMILES string of the molecule is CCOC(=O)CN1C(Cl)=Nc2cccc(Cl)c2C1C. The molecule has 0 aromatic heterocycles. The van der Waals surface area contributed by atoms with E-state index in [-0.39, 0.29) is 23.9 Å². The molecule has 2 rings (SSSR count). The molecule has 0 fully saturated rings. The van der Waals surface area contributed by atoms with Gasteiger partial charge >= 0.3 is 5.97 Å². The Morgan fingerprint density at radius 3 is 2.89 bits per heavy atom. The number of carbonyl (C=O) groups is 1. The van der Waals surface area contributed by atoms with Gasteiger partial charge in [-0.3, -0.25) is 4.79 Å². The molecule has 0 saturated heterocycles. The molecular formula is C13H14Cl2N2O2. The van der Waals surface area contributed by atoms with Crippen LogP contribution >= 0.6 is 23.2 Å². The van der Waals surface area contributed by atoms with Gasteiger partial charge < -0.3 is 9.64 Å². The molecular weight excluding hydrogens is 287 g/mol. The van der Waals surface area contributed by atoms with Crippen LogP contribution in [0.2, 0.25) is 5.02 Å². The van der Waals surface area contributed by atoms with Gasteiger partial charge in [0.2, 0.25) is 0 Å². The molecule has 19 heavy (non-hydrogen) atoms. The van der Waals surface area contributed by atoms with Crippen LogP contribution in [0.1, 0.15) is 25.5 Å². The Balaban J connectivity index is 2.30. The number of esters is 1. The van der Waals surface area contributed by atoms with E-state index >= 15 is 0 Å². The van der Waals surface area contributed by atoms with Gasteiger partial charge in [0.1, 0.15) is 6.54 Å². The number of carbonyl (C=O) groups excluding carboxylic acids is 1. The van der Waals surface area contributed by atoms with Crippen molar-refractivity contribution in [2.24, 2.45) is 4.99 Å². The van der Waals surface area contributed by atoms with Crippen LogP contribution in [0.5, 0.6) is 0 Å². The van der Waals surface area contributed by atoms with Crippen molar-refractivity contribution in [3.8, 4) is 0 Å². The number of fused-ring (bicyclic) bond motifs is 1. The standard InChI is InChI=1S/C13H14Cl2N2O2/c1-3-19-11(18)7-17-8(2)12-9(14)5-4-6-10(12)16-13(17)15/h4-6,8H,3,7H2,1-2H3. The molecule has 0 radical (unpaired) electrons. The molecule has 0 aliphatic carbocycles. The third kappa shape index (κ3) is 2.85. The molecule has 0 saturated carbocycles. The summed E-state index contributed by atoms with van der Waals surface area (Å²) in [5, 5.41) is 0.891. The summed E-state index contributed by atoms with van der Waals surface area (Å²) >= 11 is 12.3. The minimum absolute atomic E-state index is 0.0575. The van der Waals surface area contributed by atoms with Gasteiger partial charge in [-0.1, -0.05) is 17.7 Å². The molecule has 1 aliphatic rings. The molecule has 1 heterocycles. The number of nitrogens with zero attached hydrogens (tertiary/aromatic N) is 2. The third-order valence-corrected chi connectivity index (χ3v) is 3.60. The van der Waals surface area contributed by atoms with Crippen molar-refractivity contribution in [2.75, 3.05) is 13.2 Å². The first-order valence-corrected chi connectivity index (χ1v) is 6.75. The topological polar surface area (TPSA) is 41.9 Å².